The van der Waals surface area contributed by atoms with Gasteiger partial charge in [-0.1, -0.05) is 38.1 Å². The van der Waals surface area contributed by atoms with Crippen LogP contribution in [-0.2, 0) is 17.8 Å². The number of benzene rings is 2. The van der Waals surface area contributed by atoms with Crippen molar-refractivity contribution in [3.8, 4) is 5.75 Å². The van der Waals surface area contributed by atoms with Crippen LogP contribution in [0.1, 0.15) is 51.9 Å². The van der Waals surface area contributed by atoms with Gasteiger partial charge in [-0.2, -0.15) is 0 Å². The van der Waals surface area contributed by atoms with Gasteiger partial charge in [0.25, 0.3) is 0 Å². The number of hydrogen-bond donors (Lipinski definition) is 0. The van der Waals surface area contributed by atoms with Crippen molar-refractivity contribution >= 4 is 16.9 Å². The Kier molecular flexibility index (Phi) is 7.14. The summed E-state index contributed by atoms with van der Waals surface area (Å²) < 4.78 is 7.35. The molecule has 0 saturated carbocycles. The van der Waals surface area contributed by atoms with Crippen molar-refractivity contribution in [1.29, 1.82) is 0 Å². The van der Waals surface area contributed by atoms with E-state index in [1.165, 1.54) is 0 Å². The van der Waals surface area contributed by atoms with E-state index in [2.05, 4.69) is 44.4 Å². The summed E-state index contributed by atoms with van der Waals surface area (Å²) in [6.07, 6.45) is 2.55. The first-order valence-corrected chi connectivity index (χ1v) is 10.9. The third-order valence-electron chi connectivity index (χ3n) is 5.97. The van der Waals surface area contributed by atoms with Crippen molar-refractivity contribution in [2.45, 2.75) is 65.6 Å². The predicted octanol–water partition coefficient (Wildman–Crippen LogP) is 5.06. The Bertz CT molecular complexity index is 968. The number of imidazole rings is 1. The Balaban J connectivity index is 1.95. The number of para-hydroxylation sites is 2. The average Bonchev–Trinajstić information content (AvgIpc) is 3.10. The molecule has 0 fully saturated rings. The minimum Gasteiger partial charge on any atom is -0.497 e. The first kappa shape index (κ1) is 21.9. The number of rotatable bonds is 9. The molecule has 0 saturated heterocycles. The second-order valence-corrected chi connectivity index (χ2v) is 7.94. The van der Waals surface area contributed by atoms with E-state index in [-0.39, 0.29) is 18.0 Å². The van der Waals surface area contributed by atoms with Crippen molar-refractivity contribution in [3.05, 3.63) is 59.9 Å². The van der Waals surface area contributed by atoms with Gasteiger partial charge in [0.1, 0.15) is 18.1 Å². The van der Waals surface area contributed by atoms with Crippen LogP contribution in [0.2, 0.25) is 0 Å². The second kappa shape index (κ2) is 9.79. The fourth-order valence-corrected chi connectivity index (χ4v) is 3.90. The molecule has 2 aromatic carbocycles. The van der Waals surface area contributed by atoms with Gasteiger partial charge in [0.2, 0.25) is 5.91 Å². The van der Waals surface area contributed by atoms with Gasteiger partial charge in [-0.25, -0.2) is 4.98 Å². The van der Waals surface area contributed by atoms with E-state index in [4.69, 9.17) is 9.72 Å². The lowest BCUT2D eigenvalue weighted by atomic mass is 10.1. The highest BCUT2D eigenvalue weighted by molar-refractivity contribution is 5.81. The molecule has 1 amide bonds. The Labute approximate surface area is 179 Å². The smallest absolute Gasteiger partial charge is 0.243 e. The van der Waals surface area contributed by atoms with E-state index >= 15 is 0 Å². The van der Waals surface area contributed by atoms with E-state index in [9.17, 15) is 4.79 Å². The maximum atomic E-state index is 13.4. The predicted molar refractivity (Wildman–Crippen MR) is 122 cm³/mol. The van der Waals surface area contributed by atoms with Crippen LogP contribution in [0.15, 0.2) is 48.5 Å². The van der Waals surface area contributed by atoms with E-state index < -0.39 is 0 Å². The van der Waals surface area contributed by atoms with Crippen LogP contribution >= 0.6 is 0 Å². The first-order chi connectivity index (χ1) is 14.5. The molecule has 160 valence electrons. The topological polar surface area (TPSA) is 47.4 Å². The summed E-state index contributed by atoms with van der Waals surface area (Å²) in [4.78, 5) is 20.3. The lowest BCUT2D eigenvalue weighted by Crippen LogP contribution is -2.45. The SMILES string of the molecule is CCC(C)N(C(=O)Cn1c(Cc2ccc(OC)cc2)nc2ccccc21)C(C)CC. The number of aromatic nitrogens is 2. The van der Waals surface area contributed by atoms with Gasteiger partial charge in [-0.3, -0.25) is 4.79 Å². The third kappa shape index (κ3) is 4.66. The molecule has 1 aromatic heterocycles. The maximum absolute atomic E-state index is 13.4. The number of amides is 1. The second-order valence-electron chi connectivity index (χ2n) is 7.94. The van der Waals surface area contributed by atoms with E-state index in [0.29, 0.717) is 13.0 Å². The standard InChI is InChI=1S/C25H33N3O2/c1-6-18(3)28(19(4)7-2)25(29)17-27-23-11-9-8-10-22(23)26-24(27)16-20-12-14-21(30-5)15-13-20/h8-15,18-19H,6-7,16-17H2,1-5H3. The summed E-state index contributed by atoms with van der Waals surface area (Å²) >= 11 is 0. The zero-order chi connectivity index (χ0) is 21.7. The quantitative estimate of drug-likeness (QED) is 0.498. The summed E-state index contributed by atoms with van der Waals surface area (Å²) in [7, 11) is 1.67. The molecule has 0 aliphatic rings. The van der Waals surface area contributed by atoms with Crippen LogP contribution in [0.5, 0.6) is 5.75 Å². The molecule has 0 bridgehead atoms. The van der Waals surface area contributed by atoms with Crippen molar-refractivity contribution in [1.82, 2.24) is 14.5 Å². The summed E-state index contributed by atoms with van der Waals surface area (Å²) in [5.41, 5.74) is 3.07. The molecular weight excluding hydrogens is 374 g/mol. The molecule has 0 aliphatic carbocycles. The Morgan fingerprint density at radius 2 is 1.67 bits per heavy atom. The Hall–Kier alpha value is -2.82. The fourth-order valence-electron chi connectivity index (χ4n) is 3.90. The Morgan fingerprint density at radius 3 is 2.27 bits per heavy atom. The van der Waals surface area contributed by atoms with Crippen LogP contribution in [0.25, 0.3) is 11.0 Å². The molecular formula is C25H33N3O2. The van der Waals surface area contributed by atoms with E-state index in [1.54, 1.807) is 7.11 Å². The number of fused-ring (bicyclic) bond motifs is 1. The van der Waals surface area contributed by atoms with Crippen LogP contribution in [0.3, 0.4) is 0 Å². The molecule has 1 heterocycles. The van der Waals surface area contributed by atoms with Crippen LogP contribution < -0.4 is 4.74 Å². The highest BCUT2D eigenvalue weighted by Crippen LogP contribution is 2.21. The molecule has 0 radical (unpaired) electrons. The van der Waals surface area contributed by atoms with Crippen LogP contribution in [0.4, 0.5) is 0 Å². The molecule has 5 nitrogen and oxygen atoms in total. The van der Waals surface area contributed by atoms with Crippen LogP contribution in [-0.4, -0.2) is 39.6 Å². The zero-order valence-corrected chi connectivity index (χ0v) is 18.8. The molecule has 0 aliphatic heterocycles. The molecule has 2 atom stereocenters. The highest BCUT2D eigenvalue weighted by Gasteiger charge is 2.25. The fraction of sp³-hybridized carbons (Fsp3) is 0.440. The third-order valence-corrected chi connectivity index (χ3v) is 5.97. The summed E-state index contributed by atoms with van der Waals surface area (Å²) in [6.45, 7) is 8.84. The number of methoxy groups -OCH3 is 1. The largest absolute Gasteiger partial charge is 0.497 e. The van der Waals surface area contributed by atoms with Crippen molar-refractivity contribution in [2.24, 2.45) is 0 Å². The van der Waals surface area contributed by atoms with Gasteiger partial charge in [0.05, 0.1) is 18.1 Å². The normalized spacial score (nSPS) is 13.2. The molecule has 0 spiro atoms. The zero-order valence-electron chi connectivity index (χ0n) is 18.8. The molecule has 2 unspecified atom stereocenters. The average molecular weight is 408 g/mol. The van der Waals surface area contributed by atoms with Gasteiger partial charge in [0.15, 0.2) is 0 Å². The molecule has 30 heavy (non-hydrogen) atoms. The van der Waals surface area contributed by atoms with Gasteiger partial charge in [-0.05, 0) is 56.5 Å². The van der Waals surface area contributed by atoms with Gasteiger partial charge >= 0.3 is 0 Å². The number of carbonyl (C=O) groups excluding carboxylic acids is 1. The Morgan fingerprint density at radius 1 is 1.03 bits per heavy atom. The maximum Gasteiger partial charge on any atom is 0.243 e. The number of hydrogen-bond acceptors (Lipinski definition) is 3. The number of nitrogens with zero attached hydrogens (tertiary/aromatic N) is 3. The van der Waals surface area contributed by atoms with E-state index in [0.717, 1.165) is 41.0 Å². The van der Waals surface area contributed by atoms with Gasteiger partial charge < -0.3 is 14.2 Å². The monoisotopic (exact) mass is 407 g/mol. The van der Waals surface area contributed by atoms with Crippen molar-refractivity contribution < 1.29 is 9.53 Å². The van der Waals surface area contributed by atoms with Crippen molar-refractivity contribution in [3.63, 3.8) is 0 Å². The number of carbonyl (C=O) groups is 1. The highest BCUT2D eigenvalue weighted by atomic mass is 16.5. The van der Waals surface area contributed by atoms with Crippen molar-refractivity contribution in [2.75, 3.05) is 7.11 Å². The molecule has 5 heteroatoms. The van der Waals surface area contributed by atoms with E-state index in [1.807, 2.05) is 41.3 Å². The minimum atomic E-state index is 0.151. The summed E-state index contributed by atoms with van der Waals surface area (Å²) in [6, 6.07) is 16.5. The minimum absolute atomic E-state index is 0.151. The summed E-state index contributed by atoms with van der Waals surface area (Å²) in [5.74, 6) is 1.89. The lowest BCUT2D eigenvalue weighted by Gasteiger charge is -2.34. The number of ether oxygens (including phenoxy) is 1. The molecule has 3 rings (SSSR count). The summed E-state index contributed by atoms with van der Waals surface area (Å²) in [5, 5.41) is 0. The first-order valence-electron chi connectivity index (χ1n) is 10.9. The van der Waals surface area contributed by atoms with Gasteiger partial charge in [-0.15, -0.1) is 0 Å². The lowest BCUT2D eigenvalue weighted by molar-refractivity contribution is -0.136. The molecule has 0 N–H and O–H groups in total. The van der Waals surface area contributed by atoms with Crippen LogP contribution in [0, 0.1) is 0 Å². The van der Waals surface area contributed by atoms with Gasteiger partial charge in [0, 0.05) is 18.5 Å². The molecule has 3 aromatic rings.